The number of hydrogen-bond donors (Lipinski definition) is 2. The van der Waals surface area contributed by atoms with Gasteiger partial charge in [0.2, 0.25) is 0 Å². The van der Waals surface area contributed by atoms with Crippen LogP contribution in [0, 0.1) is 0 Å². The second-order valence-electron chi connectivity index (χ2n) is 5.72. The average Bonchev–Trinajstić information content (AvgIpc) is 2.69. The fourth-order valence-corrected chi connectivity index (χ4v) is 2.52. The number of hydrogen-bond acceptors (Lipinski definition) is 3. The van der Waals surface area contributed by atoms with Gasteiger partial charge in [-0.05, 0) is 20.8 Å². The summed E-state index contributed by atoms with van der Waals surface area (Å²) in [6.07, 6.45) is -0.439. The van der Waals surface area contributed by atoms with Crippen molar-refractivity contribution in [3.05, 3.63) is 0 Å². The molecule has 0 saturated carbocycles. The molecule has 0 bridgehead atoms. The van der Waals surface area contributed by atoms with Crippen molar-refractivity contribution in [1.29, 1.82) is 0 Å². The van der Waals surface area contributed by atoms with Gasteiger partial charge in [-0.1, -0.05) is 0 Å². The molecule has 0 aromatic heterocycles. The Morgan fingerprint density at radius 1 is 1.06 bits per heavy atom. The summed E-state index contributed by atoms with van der Waals surface area (Å²) < 4.78 is 0. The highest BCUT2D eigenvalue weighted by Gasteiger charge is 2.54. The number of carbonyl (C=O) groups is 2. The van der Waals surface area contributed by atoms with Crippen molar-refractivity contribution >= 4 is 12.1 Å². The molecule has 3 aliphatic heterocycles. The van der Waals surface area contributed by atoms with Gasteiger partial charge in [0.25, 0.3) is 0 Å². The van der Waals surface area contributed by atoms with Crippen LogP contribution in [0.2, 0.25) is 0 Å². The van der Waals surface area contributed by atoms with Gasteiger partial charge < -0.3 is 10.6 Å². The van der Waals surface area contributed by atoms with Crippen molar-refractivity contribution in [2.24, 2.45) is 0 Å². The van der Waals surface area contributed by atoms with Gasteiger partial charge in [0.05, 0.1) is 13.3 Å². The Morgan fingerprint density at radius 3 is 1.94 bits per heavy atom. The maximum absolute atomic E-state index is 11.8. The van der Waals surface area contributed by atoms with E-state index >= 15 is 0 Å². The summed E-state index contributed by atoms with van der Waals surface area (Å²) in [7, 11) is 0. The molecular weight excluding hydrogens is 222 g/mol. The molecule has 3 aliphatic rings. The summed E-state index contributed by atoms with van der Waals surface area (Å²) in [5.74, 6) is 0. The fraction of sp³-hybridized carbons (Fsp3) is 0.800. The lowest BCUT2D eigenvalue weighted by Gasteiger charge is -2.47. The Kier molecular flexibility index (Phi) is 1.90. The molecule has 17 heavy (non-hydrogen) atoms. The number of nitrogens with zero attached hydrogens (tertiary/aromatic N) is 3. The predicted octanol–water partition coefficient (Wildman–Crippen LogP) is -0.282. The molecule has 0 atom stereocenters. The smallest absolute Gasteiger partial charge is 0.314 e. The van der Waals surface area contributed by atoms with Gasteiger partial charge in [0.15, 0.2) is 6.17 Å². The van der Waals surface area contributed by atoms with Crippen LogP contribution in [-0.4, -0.2) is 58.0 Å². The van der Waals surface area contributed by atoms with E-state index in [2.05, 4.69) is 36.3 Å². The number of nitrogens with one attached hydrogen (secondary N) is 2. The molecule has 0 spiro atoms. The molecule has 2 N–H and O–H groups in total. The molecule has 3 rings (SSSR count). The fourth-order valence-electron chi connectivity index (χ4n) is 2.52. The minimum absolute atomic E-state index is 0.0772. The van der Waals surface area contributed by atoms with Crippen LogP contribution in [0.25, 0.3) is 0 Å². The maximum Gasteiger partial charge on any atom is 0.321 e. The number of urea groups is 2. The zero-order valence-corrected chi connectivity index (χ0v) is 10.2. The van der Waals surface area contributed by atoms with Gasteiger partial charge in [-0.2, -0.15) is 0 Å². The molecular formula is C10H17N5O2. The van der Waals surface area contributed by atoms with Crippen molar-refractivity contribution in [3.8, 4) is 0 Å². The molecule has 3 fully saturated rings. The van der Waals surface area contributed by atoms with E-state index in [0.717, 1.165) is 0 Å². The van der Waals surface area contributed by atoms with E-state index in [1.807, 2.05) is 0 Å². The average molecular weight is 239 g/mol. The van der Waals surface area contributed by atoms with Crippen molar-refractivity contribution in [2.45, 2.75) is 38.6 Å². The molecule has 3 heterocycles. The van der Waals surface area contributed by atoms with Crippen LogP contribution in [0.1, 0.15) is 20.8 Å². The highest BCUT2D eigenvalue weighted by molar-refractivity contribution is 5.85. The molecule has 0 aromatic carbocycles. The summed E-state index contributed by atoms with van der Waals surface area (Å²) in [6.45, 7) is 7.34. The van der Waals surface area contributed by atoms with Gasteiger partial charge in [0.1, 0.15) is 6.17 Å². The first kappa shape index (κ1) is 10.6. The van der Waals surface area contributed by atoms with Gasteiger partial charge >= 0.3 is 12.1 Å². The maximum atomic E-state index is 11.8. The van der Waals surface area contributed by atoms with Crippen molar-refractivity contribution in [1.82, 2.24) is 25.3 Å². The second kappa shape index (κ2) is 3.04. The van der Waals surface area contributed by atoms with E-state index in [1.165, 1.54) is 0 Å². The number of rotatable bonds is 0. The summed E-state index contributed by atoms with van der Waals surface area (Å²) in [6, 6.07) is -0.224. The van der Waals surface area contributed by atoms with Crippen LogP contribution in [-0.2, 0) is 0 Å². The van der Waals surface area contributed by atoms with Gasteiger partial charge in [-0.15, -0.1) is 0 Å². The Hall–Kier alpha value is -1.50. The van der Waals surface area contributed by atoms with Crippen molar-refractivity contribution in [2.75, 3.05) is 13.3 Å². The SMILES string of the molecule is CC(C)(C)N1CN2C(=O)NC3NC(=O)N(C1)C32. The molecule has 0 radical (unpaired) electrons. The standard InChI is InChI=1S/C10H17N5O2/c1-10(2,3)13-4-14-7-6(11-8(14)16)12-9(17)15(7)5-13/h6-7H,4-5H2,1-3H3,(H,11,16)(H,12,17). The van der Waals surface area contributed by atoms with E-state index in [-0.39, 0.29) is 29.9 Å². The first-order chi connectivity index (χ1) is 7.88. The minimum atomic E-state index is -0.267. The third-order valence-electron chi connectivity index (χ3n) is 3.61. The number of amides is 4. The first-order valence-electron chi connectivity index (χ1n) is 5.77. The summed E-state index contributed by atoms with van der Waals surface area (Å²) >= 11 is 0. The Labute approximate surface area is 99.7 Å². The van der Waals surface area contributed by atoms with E-state index in [9.17, 15) is 9.59 Å². The van der Waals surface area contributed by atoms with Crippen molar-refractivity contribution in [3.63, 3.8) is 0 Å². The molecule has 94 valence electrons. The third-order valence-corrected chi connectivity index (χ3v) is 3.61. The quantitative estimate of drug-likeness (QED) is 0.611. The van der Waals surface area contributed by atoms with Crippen LogP contribution in [0.4, 0.5) is 9.59 Å². The van der Waals surface area contributed by atoms with Crippen LogP contribution >= 0.6 is 0 Å². The zero-order chi connectivity index (χ0) is 12.4. The zero-order valence-electron chi connectivity index (χ0n) is 10.2. The molecule has 3 saturated heterocycles. The van der Waals surface area contributed by atoms with Crippen LogP contribution in [0.5, 0.6) is 0 Å². The Bertz CT molecular complexity index is 363. The van der Waals surface area contributed by atoms with Gasteiger partial charge in [0, 0.05) is 5.54 Å². The van der Waals surface area contributed by atoms with Crippen molar-refractivity contribution < 1.29 is 9.59 Å². The summed E-state index contributed by atoms with van der Waals surface area (Å²) in [4.78, 5) is 29.1. The Balaban J connectivity index is 1.91. The molecule has 7 nitrogen and oxygen atoms in total. The monoisotopic (exact) mass is 239 g/mol. The molecule has 4 amide bonds. The predicted molar refractivity (Wildman–Crippen MR) is 59.6 cm³/mol. The first-order valence-corrected chi connectivity index (χ1v) is 5.77. The summed E-state index contributed by atoms with van der Waals surface area (Å²) in [5, 5.41) is 5.55. The molecule has 0 unspecified atom stereocenters. The molecule has 0 aliphatic carbocycles. The number of carbonyl (C=O) groups excluding carboxylic acids is 2. The lowest BCUT2D eigenvalue weighted by atomic mass is 10.1. The highest BCUT2D eigenvalue weighted by atomic mass is 16.2. The largest absolute Gasteiger partial charge is 0.321 e. The van der Waals surface area contributed by atoms with Gasteiger partial charge in [-0.3, -0.25) is 14.7 Å². The van der Waals surface area contributed by atoms with Crippen LogP contribution in [0.15, 0.2) is 0 Å². The van der Waals surface area contributed by atoms with E-state index < -0.39 is 0 Å². The molecule has 7 heteroatoms. The van der Waals surface area contributed by atoms with E-state index in [1.54, 1.807) is 9.80 Å². The lowest BCUT2D eigenvalue weighted by Crippen LogP contribution is -2.63. The van der Waals surface area contributed by atoms with Crippen LogP contribution < -0.4 is 10.6 Å². The topological polar surface area (TPSA) is 67.9 Å². The van der Waals surface area contributed by atoms with Gasteiger partial charge in [-0.25, -0.2) is 9.59 Å². The lowest BCUT2D eigenvalue weighted by molar-refractivity contribution is -0.0515. The minimum Gasteiger partial charge on any atom is -0.314 e. The summed E-state index contributed by atoms with van der Waals surface area (Å²) in [5.41, 5.74) is -0.0772. The third kappa shape index (κ3) is 1.38. The van der Waals surface area contributed by atoms with Crippen LogP contribution in [0.3, 0.4) is 0 Å². The van der Waals surface area contributed by atoms with E-state index in [4.69, 9.17) is 0 Å². The second-order valence-corrected chi connectivity index (χ2v) is 5.72. The highest BCUT2D eigenvalue weighted by Crippen LogP contribution is 2.29. The van der Waals surface area contributed by atoms with E-state index in [0.29, 0.717) is 13.3 Å². The Morgan fingerprint density at radius 2 is 1.53 bits per heavy atom. The molecule has 0 aromatic rings. The normalized spacial score (nSPS) is 32.6.